The molecule has 0 heterocycles. The summed E-state index contributed by atoms with van der Waals surface area (Å²) in [6.07, 6.45) is -10.2. The third-order valence-corrected chi connectivity index (χ3v) is 2.69. The fraction of sp³-hybridized carbons (Fsp3) is 0.875. The summed E-state index contributed by atoms with van der Waals surface area (Å²) in [6, 6.07) is 0. The molecule has 116 valence electrons. The SMILES string of the molecule is CC(C)(C)C(=O)OC(C(F)(F)F)C(F)(F)S(=O)(=O)O.[H-].[Na+]. The van der Waals surface area contributed by atoms with Gasteiger partial charge in [-0.3, -0.25) is 9.35 Å². The van der Waals surface area contributed by atoms with Gasteiger partial charge in [0.2, 0.25) is 0 Å². The van der Waals surface area contributed by atoms with Crippen molar-refractivity contribution in [1.29, 1.82) is 0 Å². The third-order valence-electron chi connectivity index (χ3n) is 1.78. The molecule has 0 radical (unpaired) electrons. The summed E-state index contributed by atoms with van der Waals surface area (Å²) in [4.78, 5) is 11.2. The first-order chi connectivity index (χ1) is 8.01. The van der Waals surface area contributed by atoms with Gasteiger partial charge in [0.1, 0.15) is 0 Å². The number of esters is 1. The van der Waals surface area contributed by atoms with Crippen LogP contribution in [0.1, 0.15) is 22.2 Å². The Balaban J connectivity index is -0.00000162. The summed E-state index contributed by atoms with van der Waals surface area (Å²) in [6.45, 7) is 3.23. The molecule has 0 fully saturated rings. The van der Waals surface area contributed by atoms with Crippen LogP contribution in [-0.2, 0) is 19.6 Å². The van der Waals surface area contributed by atoms with E-state index < -0.39 is 39.0 Å². The minimum Gasteiger partial charge on any atom is -1.00 e. The van der Waals surface area contributed by atoms with Gasteiger partial charge in [0, 0.05) is 0 Å². The van der Waals surface area contributed by atoms with Gasteiger partial charge in [-0.15, -0.1) is 0 Å². The molecule has 0 rings (SSSR count). The molecule has 0 saturated carbocycles. The number of halogens is 5. The summed E-state index contributed by atoms with van der Waals surface area (Å²) in [5.41, 5.74) is -1.57. The molecule has 0 aromatic carbocycles. The van der Waals surface area contributed by atoms with Crippen LogP contribution in [0.25, 0.3) is 0 Å². The zero-order valence-corrected chi connectivity index (χ0v) is 13.8. The molecule has 5 nitrogen and oxygen atoms in total. The Kier molecular flexibility index (Phi) is 7.17. The van der Waals surface area contributed by atoms with Crippen LogP contribution in [-0.4, -0.2) is 36.5 Å². The van der Waals surface area contributed by atoms with Gasteiger partial charge >= 0.3 is 57.1 Å². The molecule has 0 saturated heterocycles. The maximum absolute atomic E-state index is 13.0. The van der Waals surface area contributed by atoms with E-state index >= 15 is 0 Å². The topological polar surface area (TPSA) is 80.7 Å². The van der Waals surface area contributed by atoms with Gasteiger partial charge < -0.3 is 6.16 Å². The molecule has 0 aliphatic carbocycles. The predicted octanol–water partition coefficient (Wildman–Crippen LogP) is -0.896. The van der Waals surface area contributed by atoms with Gasteiger partial charge in [0.25, 0.3) is 6.10 Å². The second kappa shape index (κ2) is 6.42. The van der Waals surface area contributed by atoms with Crippen molar-refractivity contribution in [3.63, 3.8) is 0 Å². The van der Waals surface area contributed by atoms with Gasteiger partial charge in [-0.1, -0.05) is 0 Å². The van der Waals surface area contributed by atoms with Gasteiger partial charge in [-0.25, -0.2) is 0 Å². The fourth-order valence-corrected chi connectivity index (χ4v) is 1.20. The Labute approximate surface area is 135 Å². The summed E-state index contributed by atoms with van der Waals surface area (Å²) in [5, 5.41) is -5.70. The summed E-state index contributed by atoms with van der Waals surface area (Å²) in [5.74, 6) is -1.70. The van der Waals surface area contributed by atoms with E-state index in [1.807, 2.05) is 0 Å². The van der Waals surface area contributed by atoms with Crippen LogP contribution in [0.2, 0.25) is 0 Å². The zero-order chi connectivity index (χ0) is 15.9. The smallest absolute Gasteiger partial charge is 1.00 e. The van der Waals surface area contributed by atoms with Gasteiger partial charge in [-0.05, 0) is 20.8 Å². The Morgan fingerprint density at radius 1 is 1.15 bits per heavy atom. The first-order valence-corrected chi connectivity index (χ1v) is 6.08. The van der Waals surface area contributed by atoms with Crippen molar-refractivity contribution in [2.75, 3.05) is 0 Å². The Bertz CT molecular complexity index is 459. The summed E-state index contributed by atoms with van der Waals surface area (Å²) >= 11 is 0. The number of ether oxygens (including phenoxy) is 1. The summed E-state index contributed by atoms with van der Waals surface area (Å²) in [7, 11) is -6.41. The molecule has 20 heavy (non-hydrogen) atoms. The van der Waals surface area contributed by atoms with E-state index in [1.54, 1.807) is 0 Å². The second-order valence-electron chi connectivity index (χ2n) is 4.61. The average molecular weight is 338 g/mol. The molecule has 0 aliphatic heterocycles. The molecule has 0 aromatic rings. The predicted molar refractivity (Wildman–Crippen MR) is 53.0 cm³/mol. The normalized spacial score (nSPS) is 15.2. The molecule has 1 unspecified atom stereocenters. The number of alkyl halides is 5. The van der Waals surface area contributed by atoms with Gasteiger partial charge in [0.15, 0.2) is 0 Å². The van der Waals surface area contributed by atoms with E-state index in [0.29, 0.717) is 0 Å². The van der Waals surface area contributed by atoms with E-state index in [9.17, 15) is 35.2 Å². The third kappa shape index (κ3) is 5.43. The van der Waals surface area contributed by atoms with Crippen molar-refractivity contribution in [3.05, 3.63) is 0 Å². The van der Waals surface area contributed by atoms with Crippen LogP contribution < -0.4 is 29.6 Å². The average Bonchev–Trinajstić information content (AvgIpc) is 2.07. The van der Waals surface area contributed by atoms with Crippen molar-refractivity contribution >= 4 is 16.1 Å². The van der Waals surface area contributed by atoms with E-state index in [-0.39, 0.29) is 31.0 Å². The molecule has 1 atom stereocenters. The van der Waals surface area contributed by atoms with Crippen LogP contribution in [0.5, 0.6) is 0 Å². The van der Waals surface area contributed by atoms with Crippen molar-refractivity contribution in [2.45, 2.75) is 38.3 Å². The van der Waals surface area contributed by atoms with Crippen molar-refractivity contribution in [2.24, 2.45) is 5.41 Å². The molecule has 0 aromatic heterocycles. The van der Waals surface area contributed by atoms with Crippen LogP contribution in [0.15, 0.2) is 0 Å². The number of carbonyl (C=O) groups is 1. The number of hydrogen-bond donors (Lipinski definition) is 1. The molecule has 0 aliphatic rings. The van der Waals surface area contributed by atoms with E-state index in [2.05, 4.69) is 4.74 Å². The van der Waals surface area contributed by atoms with Crippen molar-refractivity contribution < 1.29 is 75.4 Å². The first kappa shape index (κ1) is 22.3. The van der Waals surface area contributed by atoms with E-state index in [1.165, 1.54) is 0 Å². The van der Waals surface area contributed by atoms with Crippen molar-refractivity contribution in [1.82, 2.24) is 0 Å². The Hall–Kier alpha value is 0.0300. The van der Waals surface area contributed by atoms with Crippen molar-refractivity contribution in [3.8, 4) is 0 Å². The molecular weight excluding hydrogens is 326 g/mol. The first-order valence-electron chi connectivity index (χ1n) is 4.64. The van der Waals surface area contributed by atoms with Gasteiger partial charge in [-0.2, -0.15) is 30.4 Å². The zero-order valence-electron chi connectivity index (χ0n) is 12.0. The molecule has 0 amide bonds. The molecule has 12 heteroatoms. The number of rotatable bonds is 3. The van der Waals surface area contributed by atoms with Crippen LogP contribution in [0, 0.1) is 5.41 Å². The Morgan fingerprint density at radius 3 is 1.70 bits per heavy atom. The summed E-state index contributed by atoms with van der Waals surface area (Å²) < 4.78 is 95.3. The largest absolute Gasteiger partial charge is 1.00 e. The fourth-order valence-electron chi connectivity index (χ4n) is 0.745. The second-order valence-corrected chi connectivity index (χ2v) is 6.11. The minimum absolute atomic E-state index is 0. The van der Waals surface area contributed by atoms with E-state index in [0.717, 1.165) is 20.8 Å². The maximum atomic E-state index is 13.0. The van der Waals surface area contributed by atoms with E-state index in [4.69, 9.17) is 4.55 Å². The van der Waals surface area contributed by atoms with Crippen LogP contribution in [0.3, 0.4) is 0 Å². The quantitative estimate of drug-likeness (QED) is 0.312. The maximum Gasteiger partial charge on any atom is 1.00 e. The monoisotopic (exact) mass is 338 g/mol. The number of hydrogen-bond acceptors (Lipinski definition) is 4. The standard InChI is InChI=1S/C8H11F5O5S.Na.H/c1-6(2,3)5(14)18-4(7(9,10)11)8(12,13)19(15,16)17;;/h4H,1-3H3,(H,15,16,17);;/q;+1;-1. The molecular formula is C8H12F5NaO5S. The van der Waals surface area contributed by atoms with Crippen LogP contribution >= 0.6 is 0 Å². The molecule has 0 spiro atoms. The van der Waals surface area contributed by atoms with Gasteiger partial charge in [0.05, 0.1) is 5.41 Å². The van der Waals surface area contributed by atoms with Crippen LogP contribution in [0.4, 0.5) is 22.0 Å². The Morgan fingerprint density at radius 2 is 1.50 bits per heavy atom. The molecule has 0 bridgehead atoms. The molecule has 1 N–H and O–H groups in total. The number of carbonyl (C=O) groups excluding carboxylic acids is 1. The minimum atomic E-state index is -6.41.